The van der Waals surface area contributed by atoms with Crippen LogP contribution in [0.4, 0.5) is 0 Å². The molecule has 1 N–H and O–H groups in total. The highest BCUT2D eigenvalue weighted by molar-refractivity contribution is 5.04. The molecule has 0 aliphatic carbocycles. The van der Waals surface area contributed by atoms with Crippen molar-refractivity contribution in [3.05, 3.63) is 24.2 Å². The molecule has 1 rings (SSSR count). The molecule has 0 saturated carbocycles. The molecule has 0 atom stereocenters. The molecule has 0 radical (unpaired) electrons. The van der Waals surface area contributed by atoms with Gasteiger partial charge in [-0.1, -0.05) is 0 Å². The first-order chi connectivity index (χ1) is 7.83. The molecule has 0 fully saturated rings. The van der Waals surface area contributed by atoms with Gasteiger partial charge in [-0.3, -0.25) is 0 Å². The predicted molar refractivity (Wildman–Crippen MR) is 64.4 cm³/mol. The van der Waals surface area contributed by atoms with E-state index < -0.39 is 0 Å². The van der Waals surface area contributed by atoms with Crippen molar-refractivity contribution < 1.29 is 9.15 Å². The topological polar surface area (TPSA) is 37.6 Å². The van der Waals surface area contributed by atoms with Crippen molar-refractivity contribution >= 4 is 0 Å². The van der Waals surface area contributed by atoms with Gasteiger partial charge >= 0.3 is 0 Å². The maximum Gasteiger partial charge on any atom is 0.0947 e. The minimum atomic E-state index is 0.783. The lowest BCUT2D eigenvalue weighted by Crippen LogP contribution is -2.25. The van der Waals surface area contributed by atoms with Gasteiger partial charge in [0, 0.05) is 25.8 Å². The first-order valence-corrected chi connectivity index (χ1v) is 5.72. The van der Waals surface area contributed by atoms with Crippen molar-refractivity contribution in [2.24, 2.45) is 0 Å². The molecular weight excluding hydrogens is 204 g/mol. The molecule has 0 saturated heterocycles. The number of nitrogens with zero attached hydrogens (tertiary/aromatic N) is 1. The van der Waals surface area contributed by atoms with Gasteiger partial charge in [0.05, 0.1) is 19.1 Å². The van der Waals surface area contributed by atoms with Crippen LogP contribution in [0.3, 0.4) is 0 Å². The van der Waals surface area contributed by atoms with E-state index in [9.17, 15) is 0 Å². The highest BCUT2D eigenvalue weighted by atomic mass is 16.5. The molecule has 1 aromatic heterocycles. The first-order valence-electron chi connectivity index (χ1n) is 5.72. The van der Waals surface area contributed by atoms with E-state index in [1.807, 2.05) is 6.07 Å². The zero-order chi connectivity index (χ0) is 11.6. The SMILES string of the molecule is COCCNCCCN(C)Cc1ccoc1. The molecule has 16 heavy (non-hydrogen) atoms. The molecule has 0 bridgehead atoms. The van der Waals surface area contributed by atoms with Crippen molar-refractivity contribution in [3.63, 3.8) is 0 Å². The summed E-state index contributed by atoms with van der Waals surface area (Å²) < 4.78 is 9.99. The smallest absolute Gasteiger partial charge is 0.0947 e. The summed E-state index contributed by atoms with van der Waals surface area (Å²) in [5.74, 6) is 0. The van der Waals surface area contributed by atoms with Crippen molar-refractivity contribution in [1.82, 2.24) is 10.2 Å². The van der Waals surface area contributed by atoms with Gasteiger partial charge in [-0.25, -0.2) is 0 Å². The zero-order valence-corrected chi connectivity index (χ0v) is 10.2. The van der Waals surface area contributed by atoms with E-state index in [2.05, 4.69) is 17.3 Å². The van der Waals surface area contributed by atoms with Gasteiger partial charge in [-0.05, 0) is 32.6 Å². The van der Waals surface area contributed by atoms with Crippen LogP contribution >= 0.6 is 0 Å². The third kappa shape index (κ3) is 5.90. The van der Waals surface area contributed by atoms with E-state index in [0.717, 1.165) is 39.2 Å². The van der Waals surface area contributed by atoms with Gasteiger partial charge in [0.15, 0.2) is 0 Å². The number of rotatable bonds is 9. The number of furan rings is 1. The molecule has 1 heterocycles. The van der Waals surface area contributed by atoms with E-state index in [1.165, 1.54) is 5.56 Å². The van der Waals surface area contributed by atoms with Crippen LogP contribution < -0.4 is 5.32 Å². The average Bonchev–Trinajstić information content (AvgIpc) is 2.76. The summed E-state index contributed by atoms with van der Waals surface area (Å²) in [7, 11) is 3.85. The Morgan fingerprint density at radius 1 is 1.44 bits per heavy atom. The Labute approximate surface area is 97.6 Å². The van der Waals surface area contributed by atoms with Crippen LogP contribution in [-0.2, 0) is 11.3 Å². The normalized spacial score (nSPS) is 11.2. The molecule has 0 aliphatic rings. The lowest BCUT2D eigenvalue weighted by molar-refractivity contribution is 0.198. The Bertz CT molecular complexity index is 250. The molecule has 0 amide bonds. The Morgan fingerprint density at radius 2 is 2.31 bits per heavy atom. The summed E-state index contributed by atoms with van der Waals surface area (Å²) in [6.45, 7) is 4.80. The highest BCUT2D eigenvalue weighted by Gasteiger charge is 2.00. The lowest BCUT2D eigenvalue weighted by atomic mass is 10.3. The second-order valence-corrected chi connectivity index (χ2v) is 3.97. The minimum Gasteiger partial charge on any atom is -0.472 e. The molecule has 0 aromatic carbocycles. The molecule has 92 valence electrons. The van der Waals surface area contributed by atoms with E-state index >= 15 is 0 Å². The fourth-order valence-corrected chi connectivity index (χ4v) is 1.55. The van der Waals surface area contributed by atoms with Crippen LogP contribution in [0.2, 0.25) is 0 Å². The van der Waals surface area contributed by atoms with Crippen LogP contribution in [0.15, 0.2) is 23.0 Å². The summed E-state index contributed by atoms with van der Waals surface area (Å²) in [4.78, 5) is 2.29. The van der Waals surface area contributed by atoms with Crippen LogP contribution in [0.1, 0.15) is 12.0 Å². The van der Waals surface area contributed by atoms with Crippen LogP contribution in [-0.4, -0.2) is 45.3 Å². The molecule has 4 nitrogen and oxygen atoms in total. The second kappa shape index (κ2) is 8.33. The number of nitrogens with one attached hydrogen (secondary N) is 1. The summed E-state index contributed by atoms with van der Waals surface area (Å²) >= 11 is 0. The fourth-order valence-electron chi connectivity index (χ4n) is 1.55. The largest absolute Gasteiger partial charge is 0.472 e. The lowest BCUT2D eigenvalue weighted by Gasteiger charge is -2.15. The molecule has 0 aliphatic heterocycles. The Morgan fingerprint density at radius 3 is 3.00 bits per heavy atom. The van der Waals surface area contributed by atoms with Crippen molar-refractivity contribution in [3.8, 4) is 0 Å². The number of methoxy groups -OCH3 is 1. The van der Waals surface area contributed by atoms with Crippen molar-refractivity contribution in [2.75, 3.05) is 40.4 Å². The second-order valence-electron chi connectivity index (χ2n) is 3.97. The van der Waals surface area contributed by atoms with E-state index in [-0.39, 0.29) is 0 Å². The average molecular weight is 226 g/mol. The molecule has 4 heteroatoms. The quantitative estimate of drug-likeness (QED) is 0.645. The number of hydrogen-bond acceptors (Lipinski definition) is 4. The summed E-state index contributed by atoms with van der Waals surface area (Å²) in [5.41, 5.74) is 1.23. The van der Waals surface area contributed by atoms with Crippen LogP contribution in [0.5, 0.6) is 0 Å². The van der Waals surface area contributed by atoms with E-state index in [4.69, 9.17) is 9.15 Å². The summed E-state index contributed by atoms with van der Waals surface area (Å²) in [6, 6.07) is 2.01. The monoisotopic (exact) mass is 226 g/mol. The van der Waals surface area contributed by atoms with Gasteiger partial charge in [0.1, 0.15) is 0 Å². The van der Waals surface area contributed by atoms with Crippen LogP contribution in [0.25, 0.3) is 0 Å². The van der Waals surface area contributed by atoms with E-state index in [1.54, 1.807) is 19.6 Å². The van der Waals surface area contributed by atoms with Gasteiger partial charge < -0.3 is 19.4 Å². The minimum absolute atomic E-state index is 0.783. The Hall–Kier alpha value is -0.840. The Balaban J connectivity index is 1.96. The van der Waals surface area contributed by atoms with Crippen LogP contribution in [0, 0.1) is 0 Å². The first kappa shape index (κ1) is 13.2. The standard InChI is InChI=1S/C12H22N2O2/c1-14(10-12-4-8-16-11-12)7-3-5-13-6-9-15-2/h4,8,11,13H,3,5-7,9-10H2,1-2H3. The maximum atomic E-state index is 5.03. The summed E-state index contributed by atoms with van der Waals surface area (Å²) in [6.07, 6.45) is 4.67. The van der Waals surface area contributed by atoms with E-state index in [0.29, 0.717) is 0 Å². The van der Waals surface area contributed by atoms with Crippen molar-refractivity contribution in [1.29, 1.82) is 0 Å². The zero-order valence-electron chi connectivity index (χ0n) is 10.2. The molecule has 0 spiro atoms. The van der Waals surface area contributed by atoms with Crippen molar-refractivity contribution in [2.45, 2.75) is 13.0 Å². The van der Waals surface area contributed by atoms with Gasteiger partial charge in [-0.15, -0.1) is 0 Å². The highest BCUT2D eigenvalue weighted by Crippen LogP contribution is 2.03. The van der Waals surface area contributed by atoms with Gasteiger partial charge in [0.2, 0.25) is 0 Å². The maximum absolute atomic E-state index is 5.03. The third-order valence-electron chi connectivity index (χ3n) is 2.41. The number of hydrogen-bond donors (Lipinski definition) is 1. The third-order valence-corrected chi connectivity index (χ3v) is 2.41. The summed E-state index contributed by atoms with van der Waals surface area (Å²) in [5, 5.41) is 3.33. The van der Waals surface area contributed by atoms with Gasteiger partial charge in [-0.2, -0.15) is 0 Å². The predicted octanol–water partition coefficient (Wildman–Crippen LogP) is 1.34. The molecule has 0 unspecified atom stereocenters. The fraction of sp³-hybridized carbons (Fsp3) is 0.667. The Kier molecular flexibility index (Phi) is 6.88. The number of ether oxygens (including phenoxy) is 1. The molecular formula is C12H22N2O2. The van der Waals surface area contributed by atoms with Gasteiger partial charge in [0.25, 0.3) is 0 Å². The molecule has 1 aromatic rings.